The van der Waals surface area contributed by atoms with Crippen LogP contribution >= 0.6 is 0 Å². The van der Waals surface area contributed by atoms with Crippen LogP contribution in [0.1, 0.15) is 67.2 Å². The van der Waals surface area contributed by atoms with Crippen molar-refractivity contribution < 1.29 is 26.5 Å². The molecule has 0 aliphatic carbocycles. The molecule has 0 aliphatic heterocycles. The van der Waals surface area contributed by atoms with E-state index in [0.29, 0.717) is 0 Å². The standard InChI is InChI=1S/2C9H22N.H2O4S/c2*1-6-8-9(3)10(4,5)7-2;1-5(2,3)4/h2*9H,6-8H2,1-5H3;(H2,1,2,3,4)/q2*+1;/p-2. The van der Waals surface area contributed by atoms with E-state index in [9.17, 15) is 0 Å². The lowest BCUT2D eigenvalue weighted by Crippen LogP contribution is -2.46. The maximum absolute atomic E-state index is 8.52. The number of nitrogens with zero attached hydrogens (tertiary/aromatic N) is 2. The van der Waals surface area contributed by atoms with Crippen molar-refractivity contribution in [1.82, 2.24) is 0 Å². The van der Waals surface area contributed by atoms with Gasteiger partial charge >= 0.3 is 0 Å². The summed E-state index contributed by atoms with van der Waals surface area (Å²) >= 11 is 0. The molecule has 25 heavy (non-hydrogen) atoms. The monoisotopic (exact) mass is 384 g/mol. The highest BCUT2D eigenvalue weighted by Gasteiger charge is 2.20. The fraction of sp³-hybridized carbons (Fsp3) is 1.00. The van der Waals surface area contributed by atoms with Gasteiger partial charge in [0.05, 0.1) is 53.4 Å². The van der Waals surface area contributed by atoms with Crippen LogP contribution in [0, 0.1) is 0 Å². The summed E-state index contributed by atoms with van der Waals surface area (Å²) in [5.74, 6) is 0. The first-order valence-electron chi connectivity index (χ1n) is 9.40. The number of hydrogen-bond acceptors (Lipinski definition) is 4. The van der Waals surface area contributed by atoms with Crippen molar-refractivity contribution in [3.63, 3.8) is 0 Å². The zero-order valence-corrected chi connectivity index (χ0v) is 19.1. The summed E-state index contributed by atoms with van der Waals surface area (Å²) in [5, 5.41) is 0. The van der Waals surface area contributed by atoms with Gasteiger partial charge in [-0.15, -0.1) is 0 Å². The van der Waals surface area contributed by atoms with Crippen molar-refractivity contribution in [1.29, 1.82) is 0 Å². The van der Waals surface area contributed by atoms with Crippen molar-refractivity contribution in [2.45, 2.75) is 79.3 Å². The quantitative estimate of drug-likeness (QED) is 0.366. The van der Waals surface area contributed by atoms with Gasteiger partial charge < -0.3 is 18.1 Å². The molecule has 0 aromatic carbocycles. The van der Waals surface area contributed by atoms with Crippen LogP contribution in [0.2, 0.25) is 0 Å². The lowest BCUT2D eigenvalue weighted by atomic mass is 10.1. The summed E-state index contributed by atoms with van der Waals surface area (Å²) in [7, 11) is 4.06. The lowest BCUT2D eigenvalue weighted by molar-refractivity contribution is -0.911. The van der Waals surface area contributed by atoms with E-state index in [1.807, 2.05) is 0 Å². The van der Waals surface area contributed by atoms with Gasteiger partial charge in [-0.25, -0.2) is 0 Å². The van der Waals surface area contributed by atoms with E-state index >= 15 is 0 Å². The van der Waals surface area contributed by atoms with Gasteiger partial charge in [0.25, 0.3) is 0 Å². The van der Waals surface area contributed by atoms with Crippen LogP contribution in [0.3, 0.4) is 0 Å². The van der Waals surface area contributed by atoms with Gasteiger partial charge in [-0.3, -0.25) is 8.42 Å². The van der Waals surface area contributed by atoms with Crippen molar-refractivity contribution in [2.24, 2.45) is 0 Å². The van der Waals surface area contributed by atoms with E-state index in [-0.39, 0.29) is 0 Å². The third-order valence-electron chi connectivity index (χ3n) is 5.43. The maximum Gasteiger partial charge on any atom is 0.0857 e. The Kier molecular flexibility index (Phi) is 16.5. The summed E-state index contributed by atoms with van der Waals surface area (Å²) in [5.41, 5.74) is 0. The van der Waals surface area contributed by atoms with Crippen molar-refractivity contribution in [3.8, 4) is 0 Å². The zero-order chi connectivity index (χ0) is 20.9. The second-order valence-corrected chi connectivity index (χ2v) is 8.69. The number of quaternary nitrogens is 2. The molecule has 0 fully saturated rings. The summed E-state index contributed by atoms with van der Waals surface area (Å²) in [6.07, 6.45) is 5.31. The van der Waals surface area contributed by atoms with Crippen LogP contribution in [-0.4, -0.2) is 79.9 Å². The molecule has 0 aromatic heterocycles. The topological polar surface area (TPSA) is 80.3 Å². The Morgan fingerprint density at radius 2 is 0.920 bits per heavy atom. The van der Waals surface area contributed by atoms with Crippen LogP contribution in [-0.2, 0) is 10.4 Å². The third-order valence-corrected chi connectivity index (χ3v) is 5.43. The maximum atomic E-state index is 8.52. The van der Waals surface area contributed by atoms with Gasteiger partial charge in [-0.1, -0.05) is 26.7 Å². The van der Waals surface area contributed by atoms with Crippen LogP contribution in [0.5, 0.6) is 0 Å². The highest BCUT2D eigenvalue weighted by atomic mass is 32.3. The first-order chi connectivity index (χ1) is 11.1. The van der Waals surface area contributed by atoms with Gasteiger partial charge in [0.1, 0.15) is 0 Å². The van der Waals surface area contributed by atoms with Crippen LogP contribution in [0.25, 0.3) is 0 Å². The molecule has 2 atom stereocenters. The molecule has 0 aromatic rings. The Hall–Kier alpha value is -0.210. The van der Waals surface area contributed by atoms with Crippen LogP contribution < -0.4 is 0 Å². The summed E-state index contributed by atoms with van der Waals surface area (Å²) in [6, 6.07) is 1.63. The Morgan fingerprint density at radius 3 is 1.04 bits per heavy atom. The van der Waals surface area contributed by atoms with Gasteiger partial charge in [-0.2, -0.15) is 0 Å². The average Bonchev–Trinajstić information content (AvgIpc) is 2.46. The van der Waals surface area contributed by atoms with E-state index in [0.717, 1.165) is 21.0 Å². The molecule has 0 saturated heterocycles. The van der Waals surface area contributed by atoms with Crippen molar-refractivity contribution in [2.75, 3.05) is 41.3 Å². The molecule has 0 amide bonds. The Balaban J connectivity index is -0.000000308. The van der Waals surface area contributed by atoms with E-state index in [2.05, 4.69) is 69.7 Å². The molecule has 0 heterocycles. The molecule has 2 unspecified atom stereocenters. The molecule has 0 rings (SSSR count). The number of rotatable bonds is 8. The molecule has 0 aliphatic rings. The Labute approximate surface area is 158 Å². The summed E-state index contributed by atoms with van der Waals surface area (Å²) < 4.78 is 36.4. The van der Waals surface area contributed by atoms with Gasteiger partial charge in [-0.05, 0) is 40.5 Å². The highest BCUT2D eigenvalue weighted by molar-refractivity contribution is 7.79. The SMILES string of the molecule is CCCC(C)[N+](C)(C)CC.CCCC(C)[N+](C)(C)CC.O=S(=O)([O-])[O-]. The smallest absolute Gasteiger partial charge is 0.0857 e. The molecule has 156 valence electrons. The zero-order valence-electron chi connectivity index (χ0n) is 18.3. The first-order valence-corrected chi connectivity index (χ1v) is 10.7. The minimum atomic E-state index is -5.17. The fourth-order valence-electron chi connectivity index (χ4n) is 2.16. The Bertz CT molecular complexity index is 377. The molecule has 0 bridgehead atoms. The third kappa shape index (κ3) is 20.0. The molecular weight excluding hydrogens is 340 g/mol. The van der Waals surface area contributed by atoms with E-state index in [1.165, 1.54) is 38.8 Å². The van der Waals surface area contributed by atoms with Gasteiger partial charge in [0, 0.05) is 10.4 Å². The van der Waals surface area contributed by atoms with Gasteiger partial charge in [0.2, 0.25) is 0 Å². The molecular formula is C18H44N2O4S. The van der Waals surface area contributed by atoms with Gasteiger partial charge in [0.15, 0.2) is 0 Å². The Morgan fingerprint density at radius 1 is 0.720 bits per heavy atom. The normalized spacial score (nSPS) is 14.6. The largest absolute Gasteiger partial charge is 0.759 e. The predicted molar refractivity (Wildman–Crippen MR) is 105 cm³/mol. The molecule has 6 nitrogen and oxygen atoms in total. The fourth-order valence-corrected chi connectivity index (χ4v) is 2.16. The lowest BCUT2D eigenvalue weighted by Gasteiger charge is -2.35. The molecule has 0 radical (unpaired) electrons. The first kappa shape index (κ1) is 29.5. The molecule has 0 spiro atoms. The summed E-state index contributed by atoms with van der Waals surface area (Å²) in [4.78, 5) is 0. The molecule has 7 heteroatoms. The van der Waals surface area contributed by atoms with Crippen molar-refractivity contribution >= 4 is 10.4 Å². The minimum absolute atomic E-state index is 0.815. The van der Waals surface area contributed by atoms with Crippen LogP contribution in [0.15, 0.2) is 0 Å². The highest BCUT2D eigenvalue weighted by Crippen LogP contribution is 2.11. The average molecular weight is 385 g/mol. The second kappa shape index (κ2) is 13.9. The van der Waals surface area contributed by atoms with E-state index in [4.69, 9.17) is 17.5 Å². The minimum Gasteiger partial charge on any atom is -0.759 e. The summed E-state index contributed by atoms with van der Waals surface area (Å²) in [6.45, 7) is 16.2. The second-order valence-electron chi connectivity index (χ2n) is 7.87. The molecule has 0 N–H and O–H groups in total. The van der Waals surface area contributed by atoms with Crippen LogP contribution in [0.4, 0.5) is 0 Å². The number of hydrogen-bond donors (Lipinski definition) is 0. The van der Waals surface area contributed by atoms with E-state index < -0.39 is 10.4 Å². The molecule has 0 saturated carbocycles. The predicted octanol–water partition coefficient (Wildman–Crippen LogP) is 3.20. The van der Waals surface area contributed by atoms with Crippen molar-refractivity contribution in [3.05, 3.63) is 0 Å². The van der Waals surface area contributed by atoms with E-state index in [1.54, 1.807) is 0 Å².